The summed E-state index contributed by atoms with van der Waals surface area (Å²) in [5.41, 5.74) is 0.679. The molecule has 1 rings (SSSR count). The maximum Gasteiger partial charge on any atom is 0.220 e. The number of carbonyl (C=O) groups is 1. The van der Waals surface area contributed by atoms with Gasteiger partial charge < -0.3 is 15.5 Å². The topological polar surface area (TPSA) is 69.6 Å². The van der Waals surface area contributed by atoms with E-state index in [1.54, 1.807) is 31.2 Å². The van der Waals surface area contributed by atoms with Crippen LogP contribution in [0.15, 0.2) is 30.3 Å². The van der Waals surface area contributed by atoms with Crippen LogP contribution in [0.3, 0.4) is 0 Å². The molecule has 1 aromatic rings. The minimum Gasteiger partial charge on any atom is -0.394 e. The number of aliphatic hydroxyl groups is 2. The van der Waals surface area contributed by atoms with E-state index in [0.29, 0.717) is 12.0 Å². The molecule has 0 aliphatic rings. The largest absolute Gasteiger partial charge is 0.394 e. The van der Waals surface area contributed by atoms with Gasteiger partial charge in [-0.3, -0.25) is 4.79 Å². The van der Waals surface area contributed by atoms with Crippen molar-refractivity contribution in [3.8, 4) is 0 Å². The summed E-state index contributed by atoms with van der Waals surface area (Å²) in [6.45, 7) is 1.43. The minimum absolute atomic E-state index is 0.186. The van der Waals surface area contributed by atoms with Gasteiger partial charge in [-0.05, 0) is 5.56 Å². The molecule has 0 heterocycles. The molecule has 0 fully saturated rings. The summed E-state index contributed by atoms with van der Waals surface area (Å²) < 4.78 is 0. The lowest BCUT2D eigenvalue weighted by atomic mass is 10.0. The van der Waals surface area contributed by atoms with Crippen LogP contribution >= 0.6 is 0 Å². The molecule has 0 radical (unpaired) electrons. The maximum atomic E-state index is 11.2. The lowest BCUT2D eigenvalue weighted by molar-refractivity contribution is -0.122. The monoisotopic (exact) mass is 223 g/mol. The van der Waals surface area contributed by atoms with Gasteiger partial charge in [-0.15, -0.1) is 0 Å². The van der Waals surface area contributed by atoms with Crippen molar-refractivity contribution in [2.24, 2.45) is 0 Å². The highest BCUT2D eigenvalue weighted by Gasteiger charge is 2.21. The van der Waals surface area contributed by atoms with E-state index in [-0.39, 0.29) is 12.5 Å². The molecule has 0 saturated heterocycles. The van der Waals surface area contributed by atoms with Crippen LogP contribution in [-0.4, -0.2) is 28.8 Å². The standard InChI is InChI=1S/C12H17NO3/c1-2-11(15)13-10(8-14)12(16)9-6-4-3-5-7-9/h3-7,10,12,14,16H,2,8H2,1H3,(H,13,15)/t10-,12-/m1/s1. The van der Waals surface area contributed by atoms with Gasteiger partial charge in [0, 0.05) is 6.42 Å². The molecular formula is C12H17NO3. The Morgan fingerprint density at radius 1 is 1.38 bits per heavy atom. The van der Waals surface area contributed by atoms with Crippen molar-refractivity contribution >= 4 is 5.91 Å². The number of amides is 1. The fourth-order valence-corrected chi connectivity index (χ4v) is 1.42. The van der Waals surface area contributed by atoms with Crippen LogP contribution in [-0.2, 0) is 4.79 Å². The molecular weight excluding hydrogens is 206 g/mol. The molecule has 0 saturated carbocycles. The summed E-state index contributed by atoms with van der Waals surface area (Å²) in [7, 11) is 0. The van der Waals surface area contributed by atoms with Gasteiger partial charge in [0.15, 0.2) is 0 Å². The number of aliphatic hydroxyl groups excluding tert-OH is 2. The highest BCUT2D eigenvalue weighted by atomic mass is 16.3. The lowest BCUT2D eigenvalue weighted by Gasteiger charge is -2.22. The first-order valence-electron chi connectivity index (χ1n) is 5.32. The van der Waals surface area contributed by atoms with Crippen LogP contribution < -0.4 is 5.32 Å². The van der Waals surface area contributed by atoms with Crippen molar-refractivity contribution < 1.29 is 15.0 Å². The highest BCUT2D eigenvalue weighted by Crippen LogP contribution is 2.16. The first-order valence-corrected chi connectivity index (χ1v) is 5.32. The molecule has 3 N–H and O–H groups in total. The molecule has 1 aromatic carbocycles. The average Bonchev–Trinajstić information content (AvgIpc) is 2.35. The summed E-state index contributed by atoms with van der Waals surface area (Å²) in [5.74, 6) is -0.186. The second kappa shape index (κ2) is 6.25. The fourth-order valence-electron chi connectivity index (χ4n) is 1.42. The number of benzene rings is 1. The zero-order chi connectivity index (χ0) is 12.0. The molecule has 0 bridgehead atoms. The zero-order valence-electron chi connectivity index (χ0n) is 9.26. The Bertz CT molecular complexity index is 326. The third-order valence-corrected chi connectivity index (χ3v) is 2.39. The van der Waals surface area contributed by atoms with E-state index in [9.17, 15) is 9.90 Å². The van der Waals surface area contributed by atoms with E-state index in [4.69, 9.17) is 5.11 Å². The molecule has 2 atom stereocenters. The van der Waals surface area contributed by atoms with Gasteiger partial charge in [0.25, 0.3) is 0 Å². The van der Waals surface area contributed by atoms with E-state index >= 15 is 0 Å². The third-order valence-electron chi connectivity index (χ3n) is 2.39. The van der Waals surface area contributed by atoms with E-state index in [2.05, 4.69) is 5.32 Å². The van der Waals surface area contributed by atoms with Gasteiger partial charge in [-0.25, -0.2) is 0 Å². The van der Waals surface area contributed by atoms with Crippen molar-refractivity contribution in [2.75, 3.05) is 6.61 Å². The molecule has 4 nitrogen and oxygen atoms in total. The predicted molar refractivity (Wildman–Crippen MR) is 60.7 cm³/mol. The van der Waals surface area contributed by atoms with Crippen molar-refractivity contribution in [1.29, 1.82) is 0 Å². The Morgan fingerprint density at radius 3 is 2.50 bits per heavy atom. The van der Waals surface area contributed by atoms with Crippen molar-refractivity contribution in [2.45, 2.75) is 25.5 Å². The van der Waals surface area contributed by atoms with Crippen molar-refractivity contribution in [3.05, 3.63) is 35.9 Å². The number of carbonyl (C=O) groups excluding carboxylic acids is 1. The molecule has 16 heavy (non-hydrogen) atoms. The quantitative estimate of drug-likeness (QED) is 0.685. The summed E-state index contributed by atoms with van der Waals surface area (Å²) in [6, 6.07) is 8.30. The van der Waals surface area contributed by atoms with E-state index in [0.717, 1.165) is 0 Å². The molecule has 0 aliphatic carbocycles. The van der Waals surface area contributed by atoms with Crippen LogP contribution in [0.2, 0.25) is 0 Å². The Morgan fingerprint density at radius 2 is 2.00 bits per heavy atom. The molecule has 0 aliphatic heterocycles. The maximum absolute atomic E-state index is 11.2. The van der Waals surface area contributed by atoms with Gasteiger partial charge in [-0.2, -0.15) is 0 Å². The first kappa shape index (κ1) is 12.7. The Balaban J connectivity index is 2.70. The second-order valence-electron chi connectivity index (χ2n) is 3.57. The van der Waals surface area contributed by atoms with E-state index in [1.807, 2.05) is 6.07 Å². The summed E-state index contributed by atoms with van der Waals surface area (Å²) in [6.07, 6.45) is -0.556. The van der Waals surface area contributed by atoms with E-state index in [1.165, 1.54) is 0 Å². The number of nitrogens with one attached hydrogen (secondary N) is 1. The molecule has 0 aromatic heterocycles. The highest BCUT2D eigenvalue weighted by molar-refractivity contribution is 5.75. The van der Waals surface area contributed by atoms with Crippen LogP contribution in [0.25, 0.3) is 0 Å². The summed E-state index contributed by atoms with van der Waals surface area (Å²) in [5, 5.41) is 21.7. The normalized spacial score (nSPS) is 14.2. The summed E-state index contributed by atoms with van der Waals surface area (Å²) in [4.78, 5) is 11.2. The van der Waals surface area contributed by atoms with Crippen molar-refractivity contribution in [1.82, 2.24) is 5.32 Å². The third kappa shape index (κ3) is 3.32. The fraction of sp³-hybridized carbons (Fsp3) is 0.417. The molecule has 0 unspecified atom stereocenters. The Labute approximate surface area is 94.9 Å². The first-order chi connectivity index (χ1) is 7.69. The zero-order valence-corrected chi connectivity index (χ0v) is 9.26. The SMILES string of the molecule is CCC(=O)N[C@H](CO)[C@H](O)c1ccccc1. The van der Waals surface area contributed by atoms with Gasteiger partial charge in [0.2, 0.25) is 5.91 Å². The van der Waals surface area contributed by atoms with Crippen LogP contribution in [0.1, 0.15) is 25.0 Å². The van der Waals surface area contributed by atoms with E-state index < -0.39 is 12.1 Å². The number of hydrogen-bond donors (Lipinski definition) is 3. The Kier molecular flexibility index (Phi) is 4.95. The Hall–Kier alpha value is -1.39. The van der Waals surface area contributed by atoms with Gasteiger partial charge in [-0.1, -0.05) is 37.3 Å². The predicted octanol–water partition coefficient (Wildman–Crippen LogP) is 0.607. The smallest absolute Gasteiger partial charge is 0.220 e. The molecule has 4 heteroatoms. The van der Waals surface area contributed by atoms with Gasteiger partial charge in [0.1, 0.15) is 6.10 Å². The van der Waals surface area contributed by atoms with Crippen molar-refractivity contribution in [3.63, 3.8) is 0 Å². The molecule has 1 amide bonds. The van der Waals surface area contributed by atoms with Gasteiger partial charge >= 0.3 is 0 Å². The van der Waals surface area contributed by atoms with Crippen LogP contribution in [0.4, 0.5) is 0 Å². The second-order valence-corrected chi connectivity index (χ2v) is 3.57. The summed E-state index contributed by atoms with van der Waals surface area (Å²) >= 11 is 0. The molecule has 88 valence electrons. The number of rotatable bonds is 5. The van der Waals surface area contributed by atoms with Crippen LogP contribution in [0, 0.1) is 0 Å². The molecule has 0 spiro atoms. The van der Waals surface area contributed by atoms with Crippen LogP contribution in [0.5, 0.6) is 0 Å². The minimum atomic E-state index is -0.887. The lowest BCUT2D eigenvalue weighted by Crippen LogP contribution is -2.41. The van der Waals surface area contributed by atoms with Gasteiger partial charge in [0.05, 0.1) is 12.6 Å². The average molecular weight is 223 g/mol. The number of hydrogen-bond acceptors (Lipinski definition) is 3.